The highest BCUT2D eigenvalue weighted by Crippen LogP contribution is 2.33. The number of fused-ring (bicyclic) bond motifs is 1. The number of hydrogen-bond donors (Lipinski definition) is 0. The minimum atomic E-state index is -0.922. The van der Waals surface area contributed by atoms with Gasteiger partial charge in [0.1, 0.15) is 0 Å². The molecule has 0 radical (unpaired) electrons. The van der Waals surface area contributed by atoms with Gasteiger partial charge in [0.15, 0.2) is 5.72 Å². The third-order valence-electron chi connectivity index (χ3n) is 2.20. The number of nitrogens with zero attached hydrogens (tertiary/aromatic N) is 1. The lowest BCUT2D eigenvalue weighted by atomic mass is 10.2. The first-order valence-corrected chi connectivity index (χ1v) is 3.85. The Morgan fingerprint density at radius 1 is 1.42 bits per heavy atom. The highest BCUT2D eigenvalue weighted by Gasteiger charge is 2.49. The van der Waals surface area contributed by atoms with Crippen molar-refractivity contribution in [1.29, 1.82) is 0 Å². The molecule has 1 atom stereocenters. The molecule has 0 N–H and O–H groups in total. The molecule has 2 heterocycles. The summed E-state index contributed by atoms with van der Waals surface area (Å²) >= 11 is 0. The van der Waals surface area contributed by atoms with Gasteiger partial charge in [-0.1, -0.05) is 5.06 Å². The fourth-order valence-corrected chi connectivity index (χ4v) is 1.53. The SMILES string of the molecule is C[C@@]12CCCN1OC(=O)C(=O)O2. The van der Waals surface area contributed by atoms with Gasteiger partial charge in [-0.25, -0.2) is 9.59 Å². The van der Waals surface area contributed by atoms with E-state index in [1.807, 2.05) is 0 Å². The van der Waals surface area contributed by atoms with E-state index >= 15 is 0 Å². The lowest BCUT2D eigenvalue weighted by Crippen LogP contribution is -2.52. The number of rotatable bonds is 0. The molecule has 5 nitrogen and oxygen atoms in total. The van der Waals surface area contributed by atoms with Crippen LogP contribution in [0.1, 0.15) is 19.8 Å². The lowest BCUT2D eigenvalue weighted by molar-refractivity contribution is -0.287. The normalized spacial score (nSPS) is 35.8. The second-order valence-electron chi connectivity index (χ2n) is 3.15. The van der Waals surface area contributed by atoms with Gasteiger partial charge in [0.2, 0.25) is 0 Å². The molecule has 0 aromatic rings. The molecular weight excluding hydrogens is 162 g/mol. The second-order valence-corrected chi connectivity index (χ2v) is 3.15. The van der Waals surface area contributed by atoms with Gasteiger partial charge in [0.05, 0.1) is 0 Å². The molecular formula is C7H9NO4. The number of ether oxygens (including phenoxy) is 1. The van der Waals surface area contributed by atoms with Crippen molar-refractivity contribution < 1.29 is 19.2 Å². The van der Waals surface area contributed by atoms with Crippen LogP contribution in [0, 0.1) is 0 Å². The molecule has 0 amide bonds. The highest BCUT2D eigenvalue weighted by atomic mass is 16.8. The van der Waals surface area contributed by atoms with E-state index < -0.39 is 17.7 Å². The summed E-state index contributed by atoms with van der Waals surface area (Å²) in [5, 5.41) is 1.43. The Hall–Kier alpha value is -1.10. The van der Waals surface area contributed by atoms with Gasteiger partial charge in [-0.05, 0) is 13.3 Å². The predicted octanol–water partition coefficient (Wildman–Crippen LogP) is -0.187. The summed E-state index contributed by atoms with van der Waals surface area (Å²) in [5.74, 6) is -1.81. The van der Waals surface area contributed by atoms with E-state index in [0.717, 1.165) is 6.42 Å². The molecule has 0 unspecified atom stereocenters. The van der Waals surface area contributed by atoms with E-state index in [-0.39, 0.29) is 0 Å². The van der Waals surface area contributed by atoms with Crippen LogP contribution < -0.4 is 0 Å². The summed E-state index contributed by atoms with van der Waals surface area (Å²) < 4.78 is 4.92. The fourth-order valence-electron chi connectivity index (χ4n) is 1.53. The summed E-state index contributed by atoms with van der Waals surface area (Å²) in [5.41, 5.74) is -0.717. The molecule has 0 saturated carbocycles. The Kier molecular flexibility index (Phi) is 1.38. The van der Waals surface area contributed by atoms with E-state index in [0.29, 0.717) is 13.0 Å². The van der Waals surface area contributed by atoms with Crippen LogP contribution in [0.15, 0.2) is 0 Å². The minimum absolute atomic E-state index is 0.634. The second kappa shape index (κ2) is 2.20. The van der Waals surface area contributed by atoms with E-state index in [9.17, 15) is 9.59 Å². The molecule has 12 heavy (non-hydrogen) atoms. The number of carbonyl (C=O) groups is 2. The summed E-state index contributed by atoms with van der Waals surface area (Å²) in [4.78, 5) is 26.3. The molecule has 2 saturated heterocycles. The maximum Gasteiger partial charge on any atom is 0.436 e. The van der Waals surface area contributed by atoms with Gasteiger partial charge < -0.3 is 9.57 Å². The number of hydroxylamine groups is 2. The zero-order chi connectivity index (χ0) is 8.77. The molecule has 0 spiro atoms. The van der Waals surface area contributed by atoms with Crippen LogP contribution in [-0.4, -0.2) is 29.3 Å². The molecule has 2 rings (SSSR count). The largest absolute Gasteiger partial charge is 0.436 e. The topological polar surface area (TPSA) is 55.8 Å². The molecule has 0 aromatic heterocycles. The van der Waals surface area contributed by atoms with Crippen molar-refractivity contribution in [2.24, 2.45) is 0 Å². The van der Waals surface area contributed by atoms with E-state index in [4.69, 9.17) is 9.57 Å². The number of hydrogen-bond acceptors (Lipinski definition) is 5. The number of esters is 1. The van der Waals surface area contributed by atoms with Gasteiger partial charge >= 0.3 is 11.9 Å². The van der Waals surface area contributed by atoms with Crippen LogP contribution >= 0.6 is 0 Å². The minimum Gasteiger partial charge on any atom is -0.432 e. The third-order valence-corrected chi connectivity index (χ3v) is 2.20. The first-order valence-electron chi connectivity index (χ1n) is 3.85. The van der Waals surface area contributed by atoms with Crippen molar-refractivity contribution in [2.45, 2.75) is 25.5 Å². The van der Waals surface area contributed by atoms with Crippen molar-refractivity contribution in [3.8, 4) is 0 Å². The first kappa shape index (κ1) is 7.54. The zero-order valence-corrected chi connectivity index (χ0v) is 6.70. The van der Waals surface area contributed by atoms with Crippen LogP contribution in [0.2, 0.25) is 0 Å². The Morgan fingerprint density at radius 3 is 2.92 bits per heavy atom. The Labute approximate surface area is 69.2 Å². The monoisotopic (exact) mass is 171 g/mol. The van der Waals surface area contributed by atoms with Crippen LogP contribution in [0.5, 0.6) is 0 Å². The van der Waals surface area contributed by atoms with E-state index in [1.54, 1.807) is 6.92 Å². The number of carbonyl (C=O) groups excluding carboxylic acids is 2. The summed E-state index contributed by atoms with van der Waals surface area (Å²) in [6.45, 7) is 2.37. The molecule has 2 aliphatic heterocycles. The Morgan fingerprint density at radius 2 is 2.17 bits per heavy atom. The summed E-state index contributed by atoms with van der Waals surface area (Å²) in [6, 6.07) is 0. The molecule has 0 aliphatic carbocycles. The smallest absolute Gasteiger partial charge is 0.432 e. The van der Waals surface area contributed by atoms with Crippen molar-refractivity contribution in [1.82, 2.24) is 5.06 Å². The molecule has 2 fully saturated rings. The maximum absolute atomic E-state index is 10.8. The first-order chi connectivity index (χ1) is 5.62. The van der Waals surface area contributed by atoms with Crippen LogP contribution in [0.4, 0.5) is 0 Å². The van der Waals surface area contributed by atoms with Gasteiger partial charge in [0, 0.05) is 13.0 Å². The van der Waals surface area contributed by atoms with Crippen LogP contribution in [-0.2, 0) is 19.2 Å². The average Bonchev–Trinajstić information content (AvgIpc) is 2.32. The van der Waals surface area contributed by atoms with Gasteiger partial charge in [-0.3, -0.25) is 0 Å². The Balaban J connectivity index is 2.23. The van der Waals surface area contributed by atoms with Gasteiger partial charge in [-0.2, -0.15) is 0 Å². The molecule has 0 bridgehead atoms. The predicted molar refractivity (Wildman–Crippen MR) is 36.5 cm³/mol. The molecule has 66 valence electrons. The van der Waals surface area contributed by atoms with E-state index in [1.165, 1.54) is 5.06 Å². The van der Waals surface area contributed by atoms with Crippen LogP contribution in [0.25, 0.3) is 0 Å². The highest BCUT2D eigenvalue weighted by molar-refractivity contribution is 6.30. The summed E-state index contributed by atoms with van der Waals surface area (Å²) in [7, 11) is 0. The molecule has 5 heteroatoms. The third kappa shape index (κ3) is 0.896. The maximum atomic E-state index is 10.8. The average molecular weight is 171 g/mol. The fraction of sp³-hybridized carbons (Fsp3) is 0.714. The van der Waals surface area contributed by atoms with Gasteiger partial charge in [-0.15, -0.1) is 0 Å². The van der Waals surface area contributed by atoms with E-state index in [2.05, 4.69) is 0 Å². The molecule has 2 aliphatic rings. The van der Waals surface area contributed by atoms with Gasteiger partial charge in [0.25, 0.3) is 0 Å². The summed E-state index contributed by atoms with van der Waals surface area (Å²) in [6.07, 6.45) is 1.59. The zero-order valence-electron chi connectivity index (χ0n) is 6.70. The standard InChI is InChI=1S/C7H9NO4/c1-7-3-2-4-8(7)12-6(10)5(9)11-7/h2-4H2,1H3/t7-/m1/s1. The lowest BCUT2D eigenvalue weighted by Gasteiger charge is -2.35. The molecule has 0 aromatic carbocycles. The Bertz CT molecular complexity index is 252. The van der Waals surface area contributed by atoms with Crippen molar-refractivity contribution in [3.05, 3.63) is 0 Å². The van der Waals surface area contributed by atoms with Crippen molar-refractivity contribution >= 4 is 11.9 Å². The van der Waals surface area contributed by atoms with Crippen molar-refractivity contribution in [2.75, 3.05) is 6.54 Å². The van der Waals surface area contributed by atoms with Crippen molar-refractivity contribution in [3.63, 3.8) is 0 Å². The quantitative estimate of drug-likeness (QED) is 0.373. The van der Waals surface area contributed by atoms with Crippen LogP contribution in [0.3, 0.4) is 0 Å².